The maximum atomic E-state index is 14.3. The Kier molecular flexibility index (Phi) is 8.30. The summed E-state index contributed by atoms with van der Waals surface area (Å²) < 4.78 is 6.26. The predicted molar refractivity (Wildman–Crippen MR) is 174 cm³/mol. The average molecular weight is 701 g/mol. The Morgan fingerprint density at radius 3 is 2.55 bits per heavy atom. The number of rotatable bonds is 7. The molecular weight excluding hydrogens is 667 g/mol. The van der Waals surface area contributed by atoms with Crippen molar-refractivity contribution in [2.45, 2.75) is 55.0 Å². The highest BCUT2D eigenvalue weighted by molar-refractivity contribution is 14.1. The van der Waals surface area contributed by atoms with Crippen molar-refractivity contribution in [3.63, 3.8) is 0 Å². The number of halogens is 2. The zero-order valence-corrected chi connectivity index (χ0v) is 26.8. The summed E-state index contributed by atoms with van der Waals surface area (Å²) in [5.74, 6) is -1.33. The maximum Gasteiger partial charge on any atom is 0.248 e. The Bertz CT molecular complexity index is 1570. The second-order valence-corrected chi connectivity index (χ2v) is 13.3. The number of carbonyl (C=O) groups is 3. The summed E-state index contributed by atoms with van der Waals surface area (Å²) in [6, 6.07) is 17.1. The fourth-order valence-electron chi connectivity index (χ4n) is 6.45. The van der Waals surface area contributed by atoms with Crippen LogP contribution in [0.25, 0.3) is 0 Å². The molecule has 2 aliphatic heterocycles. The van der Waals surface area contributed by atoms with Crippen LogP contribution < -0.4 is 26.4 Å². The number of hydrogen-bond donors (Lipinski definition) is 4. The average Bonchev–Trinajstić information content (AvgIpc) is 3.42. The van der Waals surface area contributed by atoms with Gasteiger partial charge in [-0.1, -0.05) is 85.3 Å². The van der Waals surface area contributed by atoms with Gasteiger partial charge < -0.3 is 26.4 Å². The van der Waals surface area contributed by atoms with Crippen molar-refractivity contribution in [3.05, 3.63) is 87.9 Å². The van der Waals surface area contributed by atoms with Gasteiger partial charge in [-0.25, -0.2) is 0 Å². The fraction of sp³-hybridized carbons (Fsp3) is 0.344. The summed E-state index contributed by atoms with van der Waals surface area (Å²) in [6.45, 7) is 6.38. The predicted octanol–water partition coefficient (Wildman–Crippen LogP) is 5.77. The first-order valence-corrected chi connectivity index (χ1v) is 15.6. The lowest BCUT2D eigenvalue weighted by atomic mass is 9.62. The summed E-state index contributed by atoms with van der Waals surface area (Å²) >= 11 is 8.67. The molecule has 0 bridgehead atoms. The third kappa shape index (κ3) is 5.38. The van der Waals surface area contributed by atoms with Crippen molar-refractivity contribution in [2.24, 2.45) is 11.1 Å². The van der Waals surface area contributed by atoms with E-state index in [0.29, 0.717) is 28.6 Å². The molecule has 1 spiro atoms. The van der Waals surface area contributed by atoms with E-state index >= 15 is 0 Å². The van der Waals surface area contributed by atoms with Crippen molar-refractivity contribution in [1.29, 1.82) is 0 Å². The van der Waals surface area contributed by atoms with E-state index < -0.39 is 23.3 Å². The minimum absolute atomic E-state index is 0.159. The van der Waals surface area contributed by atoms with Crippen LogP contribution in [-0.2, 0) is 19.4 Å². The molecule has 3 aromatic carbocycles. The van der Waals surface area contributed by atoms with Crippen molar-refractivity contribution >= 4 is 63.3 Å². The second kappa shape index (κ2) is 11.5. The molecule has 0 aromatic heterocycles. The number of nitrogens with two attached hydrogens (primary N) is 1. The molecule has 3 amide bonds. The number of nitrogens with one attached hydrogen (secondary N) is 3. The van der Waals surface area contributed by atoms with Gasteiger partial charge >= 0.3 is 0 Å². The third-order valence-corrected chi connectivity index (χ3v) is 9.23. The third-order valence-electron chi connectivity index (χ3n) is 8.11. The Morgan fingerprint density at radius 1 is 1.12 bits per heavy atom. The molecular formula is C32H34ClIN4O4. The van der Waals surface area contributed by atoms with Crippen LogP contribution in [0.1, 0.15) is 60.2 Å². The summed E-state index contributed by atoms with van der Waals surface area (Å²) in [4.78, 5) is 40.4. The number of alkyl halides is 1. The molecule has 2 heterocycles. The Morgan fingerprint density at radius 2 is 1.88 bits per heavy atom. The van der Waals surface area contributed by atoms with Crippen molar-refractivity contribution in [3.8, 4) is 5.75 Å². The minimum Gasteiger partial charge on any atom is -0.495 e. The van der Waals surface area contributed by atoms with Gasteiger partial charge in [0.2, 0.25) is 17.7 Å². The summed E-state index contributed by atoms with van der Waals surface area (Å²) in [5.41, 5.74) is 8.33. The molecule has 0 saturated carbocycles. The molecule has 1 fully saturated rings. The number of hydrogen-bond acceptors (Lipinski definition) is 5. The van der Waals surface area contributed by atoms with Crippen LogP contribution in [0.2, 0.25) is 5.02 Å². The van der Waals surface area contributed by atoms with Gasteiger partial charge in [0.25, 0.3) is 0 Å². The summed E-state index contributed by atoms with van der Waals surface area (Å²) in [5, 5.41) is 10.2. The number of methoxy groups -OCH3 is 1. The number of carbonyl (C=O) groups excluding carboxylic acids is 3. The van der Waals surface area contributed by atoms with Crippen LogP contribution in [0.15, 0.2) is 60.7 Å². The standard InChI is InChI=1S/C32H34ClIN4O4/c1-31(2,3)15-25-32(21-10-9-20(33)14-23(21)37-30(32)41)26(18-7-5-6-17(12-18)16-34)27(38-25)29(40)36-22-11-8-19(28(35)39)13-24(22)42-4/h5-14,25-27,38H,15-16H2,1-4H3,(H2,35,39)(H,36,40)(H,37,41)/t25-,26-,27+,32+/m0/s1. The minimum atomic E-state index is -1.08. The van der Waals surface area contributed by atoms with E-state index in [4.69, 9.17) is 22.1 Å². The number of primary amides is 1. The van der Waals surface area contributed by atoms with Gasteiger partial charge in [-0.05, 0) is 58.9 Å². The first-order valence-electron chi connectivity index (χ1n) is 13.7. The monoisotopic (exact) mass is 700 g/mol. The molecule has 42 heavy (non-hydrogen) atoms. The Hall–Kier alpha value is -3.15. The van der Waals surface area contributed by atoms with Crippen LogP contribution in [0.3, 0.4) is 0 Å². The SMILES string of the molecule is COc1cc(C(N)=O)ccc1NC(=O)[C@@H]1N[C@@H](CC(C)(C)C)[C@@]2(C(=O)Nc3cc(Cl)ccc32)[C@H]1c1cccc(CI)c1. The van der Waals surface area contributed by atoms with E-state index in [2.05, 4.69) is 65.4 Å². The zero-order chi connectivity index (χ0) is 30.4. The van der Waals surface area contributed by atoms with Crippen molar-refractivity contribution < 1.29 is 19.1 Å². The van der Waals surface area contributed by atoms with Gasteiger partial charge in [0, 0.05) is 32.7 Å². The van der Waals surface area contributed by atoms with Crippen molar-refractivity contribution in [2.75, 3.05) is 17.7 Å². The summed E-state index contributed by atoms with van der Waals surface area (Å²) in [7, 11) is 1.46. The zero-order valence-electron chi connectivity index (χ0n) is 23.9. The number of benzene rings is 3. The lowest BCUT2D eigenvalue weighted by Crippen LogP contribution is -2.49. The van der Waals surface area contributed by atoms with Gasteiger partial charge in [0.1, 0.15) is 11.2 Å². The molecule has 2 aliphatic rings. The van der Waals surface area contributed by atoms with E-state index in [1.165, 1.54) is 19.2 Å². The quantitative estimate of drug-likeness (QED) is 0.184. The molecule has 220 valence electrons. The van der Waals surface area contributed by atoms with Crippen LogP contribution >= 0.6 is 34.2 Å². The van der Waals surface area contributed by atoms with Crippen LogP contribution in [-0.4, -0.2) is 36.9 Å². The van der Waals surface area contributed by atoms with E-state index in [9.17, 15) is 14.4 Å². The van der Waals surface area contributed by atoms with E-state index in [0.717, 1.165) is 21.1 Å². The Balaban J connectivity index is 1.68. The van der Waals surface area contributed by atoms with Gasteiger partial charge in [0.05, 0.1) is 18.8 Å². The second-order valence-electron chi connectivity index (χ2n) is 12.1. The smallest absolute Gasteiger partial charge is 0.248 e. The van der Waals surface area contributed by atoms with Crippen LogP contribution in [0.5, 0.6) is 5.75 Å². The molecule has 1 saturated heterocycles. The van der Waals surface area contributed by atoms with Crippen LogP contribution in [0.4, 0.5) is 11.4 Å². The highest BCUT2D eigenvalue weighted by atomic mass is 127. The summed E-state index contributed by atoms with van der Waals surface area (Å²) in [6.07, 6.45) is 0.630. The molecule has 0 aliphatic carbocycles. The molecule has 4 atom stereocenters. The number of ether oxygens (including phenoxy) is 1. The molecule has 5 rings (SSSR count). The van der Waals surface area contributed by atoms with E-state index in [-0.39, 0.29) is 28.8 Å². The number of fused-ring (bicyclic) bond motifs is 2. The molecule has 0 unspecified atom stereocenters. The normalized spacial score (nSPS) is 23.0. The molecule has 3 aromatic rings. The molecule has 10 heteroatoms. The fourth-order valence-corrected chi connectivity index (χ4v) is 7.10. The number of anilines is 2. The number of amides is 3. The molecule has 8 nitrogen and oxygen atoms in total. The Labute approximate surface area is 264 Å². The molecule has 0 radical (unpaired) electrons. The lowest BCUT2D eigenvalue weighted by Gasteiger charge is -2.37. The van der Waals surface area contributed by atoms with Crippen LogP contribution in [0, 0.1) is 5.41 Å². The van der Waals surface area contributed by atoms with Gasteiger partial charge in [-0.3, -0.25) is 14.4 Å². The van der Waals surface area contributed by atoms with E-state index in [1.807, 2.05) is 24.3 Å². The van der Waals surface area contributed by atoms with Gasteiger partial charge in [-0.2, -0.15) is 0 Å². The first kappa shape index (κ1) is 30.3. The van der Waals surface area contributed by atoms with Gasteiger partial charge in [0.15, 0.2) is 0 Å². The highest BCUT2D eigenvalue weighted by Gasteiger charge is 2.65. The van der Waals surface area contributed by atoms with Crippen molar-refractivity contribution in [1.82, 2.24) is 5.32 Å². The first-order chi connectivity index (χ1) is 19.9. The maximum absolute atomic E-state index is 14.3. The van der Waals surface area contributed by atoms with Gasteiger partial charge in [-0.15, -0.1) is 0 Å². The van der Waals surface area contributed by atoms with E-state index in [1.54, 1.807) is 18.2 Å². The molecule has 5 N–H and O–H groups in total. The largest absolute Gasteiger partial charge is 0.495 e. The highest BCUT2D eigenvalue weighted by Crippen LogP contribution is 2.56. The topological polar surface area (TPSA) is 123 Å². The lowest BCUT2D eigenvalue weighted by molar-refractivity contribution is -0.122.